The summed E-state index contributed by atoms with van der Waals surface area (Å²) < 4.78 is 0. The van der Waals surface area contributed by atoms with Gasteiger partial charge < -0.3 is 5.11 Å². The molecule has 1 heteroatoms. The largest absolute Gasteiger partial charge is 0.390 e. The zero-order valence-electron chi connectivity index (χ0n) is 10.1. The normalized spacial score (nSPS) is 45.4. The van der Waals surface area contributed by atoms with Gasteiger partial charge in [-0.2, -0.15) is 0 Å². The number of fused-ring (bicyclic) bond motifs is 2. The number of hydrogen-bond acceptors (Lipinski definition) is 1. The molecule has 4 atom stereocenters. The molecule has 3 aliphatic rings. The maximum atomic E-state index is 10.6. The third-order valence-electron chi connectivity index (χ3n) is 5.84. The highest BCUT2D eigenvalue weighted by Crippen LogP contribution is 2.58. The Morgan fingerprint density at radius 3 is 2.47 bits per heavy atom. The summed E-state index contributed by atoms with van der Waals surface area (Å²) in [6.45, 7) is 4.35. The first kappa shape index (κ1) is 10.1. The summed E-state index contributed by atoms with van der Waals surface area (Å²) >= 11 is 0. The lowest BCUT2D eigenvalue weighted by molar-refractivity contribution is -0.0350. The van der Waals surface area contributed by atoms with E-state index in [4.69, 9.17) is 0 Å². The summed E-state index contributed by atoms with van der Waals surface area (Å²) in [5.41, 5.74) is -0.128. The van der Waals surface area contributed by atoms with Gasteiger partial charge in [0.25, 0.3) is 0 Å². The van der Waals surface area contributed by atoms with Crippen LogP contribution in [0.15, 0.2) is 0 Å². The Morgan fingerprint density at radius 1 is 1.27 bits per heavy atom. The Hall–Kier alpha value is -0.0400. The Kier molecular flexibility index (Phi) is 2.03. The quantitative estimate of drug-likeness (QED) is 0.754. The topological polar surface area (TPSA) is 20.2 Å². The van der Waals surface area contributed by atoms with E-state index in [1.807, 2.05) is 0 Å². The van der Waals surface area contributed by atoms with E-state index in [-0.39, 0.29) is 11.0 Å². The van der Waals surface area contributed by atoms with Crippen LogP contribution in [0, 0.1) is 23.2 Å². The Bertz CT molecular complexity index is 265. The molecule has 0 heterocycles. The second-order valence-electron chi connectivity index (χ2n) is 6.97. The second-order valence-corrected chi connectivity index (χ2v) is 6.97. The molecule has 3 aliphatic carbocycles. The minimum atomic E-state index is -0.387. The molecule has 15 heavy (non-hydrogen) atoms. The van der Waals surface area contributed by atoms with Gasteiger partial charge in [-0.05, 0) is 68.6 Å². The molecule has 3 fully saturated rings. The predicted molar refractivity (Wildman–Crippen MR) is 61.5 cm³/mol. The fraction of sp³-hybridized carbons (Fsp3) is 1.00. The van der Waals surface area contributed by atoms with E-state index >= 15 is 0 Å². The maximum absolute atomic E-state index is 10.6. The van der Waals surface area contributed by atoms with Crippen LogP contribution in [0.2, 0.25) is 0 Å². The summed E-state index contributed by atoms with van der Waals surface area (Å²) in [6, 6.07) is 0. The van der Waals surface area contributed by atoms with E-state index in [1.54, 1.807) is 0 Å². The number of rotatable bonds is 3. The van der Waals surface area contributed by atoms with Crippen LogP contribution in [0.5, 0.6) is 0 Å². The zero-order valence-corrected chi connectivity index (χ0v) is 10.1. The van der Waals surface area contributed by atoms with E-state index in [0.29, 0.717) is 0 Å². The van der Waals surface area contributed by atoms with Crippen LogP contribution < -0.4 is 0 Å². The molecule has 0 aliphatic heterocycles. The van der Waals surface area contributed by atoms with Crippen molar-refractivity contribution >= 4 is 0 Å². The van der Waals surface area contributed by atoms with Crippen molar-refractivity contribution in [1.29, 1.82) is 0 Å². The SMILES string of the molecule is CC(O)(CC1CC2CCC1C2)C1(C)CC1. The maximum Gasteiger partial charge on any atom is 0.0675 e. The molecule has 0 aromatic carbocycles. The highest BCUT2D eigenvalue weighted by atomic mass is 16.3. The average Bonchev–Trinajstić information content (AvgIpc) is 2.65. The highest BCUT2D eigenvalue weighted by Gasteiger charge is 2.54. The van der Waals surface area contributed by atoms with Crippen LogP contribution in [-0.4, -0.2) is 10.7 Å². The van der Waals surface area contributed by atoms with Crippen molar-refractivity contribution in [3.8, 4) is 0 Å². The van der Waals surface area contributed by atoms with Crippen molar-refractivity contribution in [3.63, 3.8) is 0 Å². The molecule has 0 amide bonds. The average molecular weight is 208 g/mol. The van der Waals surface area contributed by atoms with Crippen LogP contribution >= 0.6 is 0 Å². The van der Waals surface area contributed by atoms with Gasteiger partial charge in [-0.1, -0.05) is 13.3 Å². The van der Waals surface area contributed by atoms with Crippen molar-refractivity contribution in [2.24, 2.45) is 23.2 Å². The summed E-state index contributed by atoms with van der Waals surface area (Å²) in [5.74, 6) is 2.82. The third kappa shape index (κ3) is 1.54. The fourth-order valence-electron chi connectivity index (χ4n) is 4.11. The van der Waals surface area contributed by atoms with Crippen molar-refractivity contribution < 1.29 is 5.11 Å². The van der Waals surface area contributed by atoms with Gasteiger partial charge in [-0.15, -0.1) is 0 Å². The molecule has 3 rings (SSSR count). The summed E-state index contributed by atoms with van der Waals surface area (Å²) in [7, 11) is 0. The van der Waals surface area contributed by atoms with Gasteiger partial charge in [-0.3, -0.25) is 0 Å². The van der Waals surface area contributed by atoms with Crippen LogP contribution in [-0.2, 0) is 0 Å². The van der Waals surface area contributed by atoms with E-state index in [9.17, 15) is 5.11 Å². The van der Waals surface area contributed by atoms with Crippen LogP contribution in [0.3, 0.4) is 0 Å². The van der Waals surface area contributed by atoms with Crippen molar-refractivity contribution in [2.75, 3.05) is 0 Å². The van der Waals surface area contributed by atoms with E-state index in [2.05, 4.69) is 13.8 Å². The Balaban J connectivity index is 1.65. The summed E-state index contributed by atoms with van der Waals surface area (Å²) in [4.78, 5) is 0. The standard InChI is InChI=1S/C14H24O/c1-13(5-6-13)14(2,15)9-12-8-10-3-4-11(12)7-10/h10-12,15H,3-9H2,1-2H3. The molecule has 3 saturated carbocycles. The molecule has 0 spiro atoms. The van der Waals surface area contributed by atoms with Gasteiger partial charge in [0.05, 0.1) is 5.60 Å². The van der Waals surface area contributed by atoms with Gasteiger partial charge in [0.15, 0.2) is 0 Å². The lowest BCUT2D eigenvalue weighted by atomic mass is 9.75. The predicted octanol–water partition coefficient (Wildman–Crippen LogP) is 3.36. The molecule has 4 unspecified atom stereocenters. The van der Waals surface area contributed by atoms with Gasteiger partial charge >= 0.3 is 0 Å². The lowest BCUT2D eigenvalue weighted by Crippen LogP contribution is -2.37. The summed E-state index contributed by atoms with van der Waals surface area (Å²) in [5, 5.41) is 10.6. The van der Waals surface area contributed by atoms with Crippen molar-refractivity contribution in [2.45, 2.75) is 64.4 Å². The number of aliphatic hydroxyl groups is 1. The molecule has 86 valence electrons. The molecule has 0 saturated heterocycles. The first-order valence-corrected chi connectivity index (χ1v) is 6.73. The Labute approximate surface area is 93.3 Å². The van der Waals surface area contributed by atoms with Crippen LogP contribution in [0.4, 0.5) is 0 Å². The molecule has 1 nitrogen and oxygen atoms in total. The third-order valence-corrected chi connectivity index (χ3v) is 5.84. The molecule has 0 radical (unpaired) electrons. The minimum absolute atomic E-state index is 0.259. The first-order chi connectivity index (χ1) is 7.00. The zero-order chi connectivity index (χ0) is 10.7. The highest BCUT2D eigenvalue weighted by molar-refractivity contribution is 5.05. The van der Waals surface area contributed by atoms with E-state index in [1.165, 1.54) is 38.5 Å². The molecule has 0 aromatic rings. The fourth-order valence-corrected chi connectivity index (χ4v) is 4.11. The summed E-state index contributed by atoms with van der Waals surface area (Å²) in [6.07, 6.45) is 9.35. The molecular formula is C14H24O. The minimum Gasteiger partial charge on any atom is -0.390 e. The van der Waals surface area contributed by atoms with E-state index < -0.39 is 0 Å². The van der Waals surface area contributed by atoms with Gasteiger partial charge in [0, 0.05) is 0 Å². The first-order valence-electron chi connectivity index (χ1n) is 6.73. The van der Waals surface area contributed by atoms with Gasteiger partial charge in [0.1, 0.15) is 0 Å². The van der Waals surface area contributed by atoms with Crippen molar-refractivity contribution in [3.05, 3.63) is 0 Å². The van der Waals surface area contributed by atoms with Gasteiger partial charge in [-0.25, -0.2) is 0 Å². The second kappa shape index (κ2) is 3.00. The van der Waals surface area contributed by atoms with Crippen LogP contribution in [0.25, 0.3) is 0 Å². The lowest BCUT2D eigenvalue weighted by Gasteiger charge is -2.35. The monoisotopic (exact) mass is 208 g/mol. The molecule has 0 aromatic heterocycles. The van der Waals surface area contributed by atoms with Gasteiger partial charge in [0.2, 0.25) is 0 Å². The van der Waals surface area contributed by atoms with Crippen LogP contribution in [0.1, 0.15) is 58.8 Å². The number of hydrogen-bond donors (Lipinski definition) is 1. The van der Waals surface area contributed by atoms with Crippen molar-refractivity contribution in [1.82, 2.24) is 0 Å². The Morgan fingerprint density at radius 2 is 2.00 bits per heavy atom. The molecular weight excluding hydrogens is 184 g/mol. The molecule has 2 bridgehead atoms. The molecule has 1 N–H and O–H groups in total. The smallest absolute Gasteiger partial charge is 0.0675 e. The van der Waals surface area contributed by atoms with E-state index in [0.717, 1.165) is 24.2 Å².